The average molecular weight is 338 g/mol. The van der Waals surface area contributed by atoms with E-state index in [4.69, 9.17) is 0 Å². The number of hydrogen-bond acceptors (Lipinski definition) is 5. The van der Waals surface area contributed by atoms with Crippen LogP contribution in [0.1, 0.15) is 48.4 Å². The van der Waals surface area contributed by atoms with Gasteiger partial charge in [-0.3, -0.25) is 9.80 Å². The van der Waals surface area contributed by atoms with Crippen LogP contribution in [-0.4, -0.2) is 58.7 Å². The summed E-state index contributed by atoms with van der Waals surface area (Å²) in [7, 11) is 0. The predicted molar refractivity (Wildman–Crippen MR) is 95.8 cm³/mol. The van der Waals surface area contributed by atoms with Crippen molar-refractivity contribution >= 4 is 11.3 Å². The maximum absolute atomic E-state index is 9.47. The quantitative estimate of drug-likeness (QED) is 0.866. The molecule has 5 heteroatoms. The first kappa shape index (κ1) is 17.3. The molecule has 2 fully saturated rings. The molecule has 0 bridgehead atoms. The summed E-state index contributed by atoms with van der Waals surface area (Å²) in [6.07, 6.45) is 10.0. The van der Waals surface area contributed by atoms with E-state index in [-0.39, 0.29) is 0 Å². The fraction of sp³-hybridized carbons (Fsp3) is 0.833. The van der Waals surface area contributed by atoms with Crippen molar-refractivity contribution in [1.82, 2.24) is 14.8 Å². The first-order chi connectivity index (χ1) is 11.2. The lowest BCUT2D eigenvalue weighted by Crippen LogP contribution is -2.54. The van der Waals surface area contributed by atoms with E-state index in [9.17, 15) is 5.11 Å². The van der Waals surface area contributed by atoms with Crippen LogP contribution >= 0.6 is 11.3 Å². The highest BCUT2D eigenvalue weighted by molar-refractivity contribution is 7.11. The van der Waals surface area contributed by atoms with E-state index in [0.29, 0.717) is 12.6 Å². The van der Waals surface area contributed by atoms with Crippen molar-refractivity contribution in [2.75, 3.05) is 32.8 Å². The van der Waals surface area contributed by atoms with Crippen molar-refractivity contribution in [1.29, 1.82) is 0 Å². The van der Waals surface area contributed by atoms with Crippen molar-refractivity contribution in [3.63, 3.8) is 0 Å². The minimum absolute atomic E-state index is 0.305. The molecule has 0 spiro atoms. The van der Waals surface area contributed by atoms with Crippen LogP contribution in [0.5, 0.6) is 0 Å². The zero-order valence-corrected chi connectivity index (χ0v) is 15.2. The molecule has 0 radical (unpaired) electrons. The maximum Gasteiger partial charge on any atom is 0.0897 e. The number of hydrogen-bond donors (Lipinski definition) is 1. The number of rotatable bonds is 6. The molecule has 1 saturated carbocycles. The molecule has 1 aliphatic heterocycles. The van der Waals surface area contributed by atoms with Crippen molar-refractivity contribution < 1.29 is 5.11 Å². The van der Waals surface area contributed by atoms with Crippen LogP contribution in [0.4, 0.5) is 0 Å². The van der Waals surface area contributed by atoms with Crippen molar-refractivity contribution in [2.24, 2.45) is 5.92 Å². The Balaban J connectivity index is 1.54. The minimum Gasteiger partial charge on any atom is -0.396 e. The minimum atomic E-state index is 0.305. The van der Waals surface area contributed by atoms with Gasteiger partial charge in [-0.1, -0.05) is 19.3 Å². The Morgan fingerprint density at radius 3 is 2.78 bits per heavy atom. The van der Waals surface area contributed by atoms with Crippen LogP contribution in [0.3, 0.4) is 0 Å². The molecule has 2 aliphatic rings. The molecule has 130 valence electrons. The second-order valence-corrected chi connectivity index (χ2v) is 8.57. The third-order valence-corrected chi connectivity index (χ3v) is 6.31. The summed E-state index contributed by atoms with van der Waals surface area (Å²) in [5.74, 6) is 0.889. The van der Waals surface area contributed by atoms with Gasteiger partial charge in [0, 0.05) is 56.4 Å². The molecule has 1 unspecified atom stereocenters. The van der Waals surface area contributed by atoms with Gasteiger partial charge in [0.1, 0.15) is 0 Å². The Kier molecular flexibility index (Phi) is 6.45. The summed E-state index contributed by atoms with van der Waals surface area (Å²) in [5.41, 5.74) is 0. The molecule has 3 rings (SSSR count). The topological polar surface area (TPSA) is 39.6 Å². The number of aliphatic hydroxyl groups excluding tert-OH is 1. The summed E-state index contributed by atoms with van der Waals surface area (Å²) < 4.78 is 0. The largest absolute Gasteiger partial charge is 0.396 e. The Bertz CT molecular complexity index is 473. The van der Waals surface area contributed by atoms with E-state index in [1.807, 2.05) is 17.5 Å². The van der Waals surface area contributed by atoms with E-state index in [1.54, 1.807) is 0 Å². The third-order valence-electron chi connectivity index (χ3n) is 5.42. The molecular weight excluding hydrogens is 306 g/mol. The second-order valence-electron chi connectivity index (χ2n) is 7.25. The molecular formula is C18H31N3OS. The monoisotopic (exact) mass is 337 g/mol. The summed E-state index contributed by atoms with van der Waals surface area (Å²) >= 11 is 1.81. The fourth-order valence-electron chi connectivity index (χ4n) is 4.16. The average Bonchev–Trinajstić information content (AvgIpc) is 2.96. The molecule has 1 aliphatic carbocycles. The van der Waals surface area contributed by atoms with Crippen LogP contribution in [0.25, 0.3) is 0 Å². The first-order valence-corrected chi connectivity index (χ1v) is 10.0. The van der Waals surface area contributed by atoms with Gasteiger partial charge in [-0.15, -0.1) is 11.3 Å². The van der Waals surface area contributed by atoms with Gasteiger partial charge in [0.2, 0.25) is 0 Å². The van der Waals surface area contributed by atoms with E-state index in [0.717, 1.165) is 43.5 Å². The van der Waals surface area contributed by atoms with Gasteiger partial charge in [0.25, 0.3) is 0 Å². The molecule has 2 heterocycles. The van der Waals surface area contributed by atoms with Crippen LogP contribution in [-0.2, 0) is 6.54 Å². The molecule has 1 atom stereocenters. The zero-order valence-electron chi connectivity index (χ0n) is 14.4. The highest BCUT2D eigenvalue weighted by Crippen LogP contribution is 2.27. The van der Waals surface area contributed by atoms with Gasteiger partial charge < -0.3 is 5.11 Å². The van der Waals surface area contributed by atoms with Gasteiger partial charge in [0.05, 0.1) is 5.01 Å². The van der Waals surface area contributed by atoms with E-state index in [2.05, 4.69) is 21.7 Å². The maximum atomic E-state index is 9.47. The van der Waals surface area contributed by atoms with Gasteiger partial charge in [-0.05, 0) is 32.1 Å². The summed E-state index contributed by atoms with van der Waals surface area (Å²) in [4.78, 5) is 11.0. The van der Waals surface area contributed by atoms with Crippen LogP contribution in [0.15, 0.2) is 6.20 Å². The van der Waals surface area contributed by atoms with Crippen molar-refractivity contribution in [2.45, 2.75) is 58.0 Å². The fourth-order valence-corrected chi connectivity index (χ4v) is 5.00. The smallest absolute Gasteiger partial charge is 0.0897 e. The molecule has 1 N–H and O–H groups in total. The van der Waals surface area contributed by atoms with Crippen molar-refractivity contribution in [3.05, 3.63) is 16.1 Å². The number of thiazole rings is 1. The van der Waals surface area contributed by atoms with Gasteiger partial charge >= 0.3 is 0 Å². The number of aryl methyl sites for hydroxylation is 1. The SMILES string of the molecule is Cc1ncc(CN2CCN(CC3CCCCC3)C(CCO)C2)s1. The highest BCUT2D eigenvalue weighted by atomic mass is 32.1. The van der Waals surface area contributed by atoms with Crippen molar-refractivity contribution in [3.8, 4) is 0 Å². The Morgan fingerprint density at radius 1 is 1.26 bits per heavy atom. The molecule has 1 aromatic heterocycles. The highest BCUT2D eigenvalue weighted by Gasteiger charge is 2.29. The normalized spacial score (nSPS) is 25.0. The van der Waals surface area contributed by atoms with E-state index < -0.39 is 0 Å². The van der Waals surface area contributed by atoms with Crippen LogP contribution < -0.4 is 0 Å². The summed E-state index contributed by atoms with van der Waals surface area (Å²) in [6, 6.07) is 0.518. The molecule has 0 aromatic carbocycles. The number of aromatic nitrogens is 1. The van der Waals surface area contributed by atoms with Crippen LogP contribution in [0, 0.1) is 12.8 Å². The second kappa shape index (κ2) is 8.56. The molecule has 0 amide bonds. The van der Waals surface area contributed by atoms with Gasteiger partial charge in [-0.25, -0.2) is 4.98 Å². The predicted octanol–water partition coefficient (Wildman–Crippen LogP) is 2.90. The Morgan fingerprint density at radius 2 is 2.09 bits per heavy atom. The van der Waals surface area contributed by atoms with E-state index in [1.165, 1.54) is 43.5 Å². The van der Waals surface area contributed by atoms with Gasteiger partial charge in [-0.2, -0.15) is 0 Å². The first-order valence-electron chi connectivity index (χ1n) is 9.23. The lowest BCUT2D eigenvalue weighted by Gasteiger charge is -2.43. The number of aliphatic hydroxyl groups is 1. The third kappa shape index (κ3) is 4.99. The number of piperazine rings is 1. The van der Waals surface area contributed by atoms with Crippen LogP contribution in [0.2, 0.25) is 0 Å². The number of nitrogens with zero attached hydrogens (tertiary/aromatic N) is 3. The summed E-state index contributed by atoms with van der Waals surface area (Å²) in [6.45, 7) is 8.03. The lowest BCUT2D eigenvalue weighted by atomic mass is 9.88. The Hall–Kier alpha value is -0.490. The summed E-state index contributed by atoms with van der Waals surface area (Å²) in [5, 5.41) is 10.6. The molecule has 23 heavy (non-hydrogen) atoms. The Labute approximate surface area is 144 Å². The molecule has 4 nitrogen and oxygen atoms in total. The molecule has 1 aromatic rings. The lowest BCUT2D eigenvalue weighted by molar-refractivity contribution is 0.0404. The molecule has 1 saturated heterocycles. The van der Waals surface area contributed by atoms with Gasteiger partial charge in [0.15, 0.2) is 0 Å². The van der Waals surface area contributed by atoms with E-state index >= 15 is 0 Å². The standard InChI is InChI=1S/C18H31N3OS/c1-15-19-11-18(23-15)14-20-8-9-21(17(13-20)7-10-22)12-16-5-3-2-4-6-16/h11,16-17,22H,2-10,12-14H2,1H3. The zero-order chi connectivity index (χ0) is 16.1.